The van der Waals surface area contributed by atoms with Crippen LogP contribution in [0.3, 0.4) is 0 Å². The molecule has 0 saturated heterocycles. The van der Waals surface area contributed by atoms with E-state index >= 15 is 0 Å². The van der Waals surface area contributed by atoms with Gasteiger partial charge in [0.1, 0.15) is 0 Å². The first kappa shape index (κ1) is 20.2. The molecule has 1 N–H and O–H groups in total. The molecule has 3 saturated carbocycles. The van der Waals surface area contributed by atoms with Gasteiger partial charge in [-0.1, -0.05) is 25.5 Å². The monoisotopic (exact) mass is 408 g/mol. The van der Waals surface area contributed by atoms with Crippen LogP contribution in [0, 0.1) is 35.5 Å². The van der Waals surface area contributed by atoms with Crippen LogP contribution in [0.4, 0.5) is 0 Å². The van der Waals surface area contributed by atoms with Gasteiger partial charge in [-0.3, -0.25) is 9.48 Å². The lowest BCUT2D eigenvalue weighted by Gasteiger charge is -2.56. The number of hydrogen-bond acceptors (Lipinski definition) is 3. The fourth-order valence-electron chi connectivity index (χ4n) is 7.47. The molecule has 6 atom stereocenters. The van der Waals surface area contributed by atoms with Crippen LogP contribution in [0.5, 0.6) is 0 Å². The first-order valence-corrected chi connectivity index (χ1v) is 11.9. The van der Waals surface area contributed by atoms with Crippen LogP contribution in [0.15, 0.2) is 23.4 Å². The molecule has 30 heavy (non-hydrogen) atoms. The van der Waals surface area contributed by atoms with E-state index in [0.717, 1.165) is 68.3 Å². The summed E-state index contributed by atoms with van der Waals surface area (Å²) in [5.74, 6) is 2.06. The minimum atomic E-state index is -0.211. The van der Waals surface area contributed by atoms with Gasteiger partial charge in [-0.15, -0.1) is 0 Å². The standard InChI is InChI=1S/C26H36N2O2/c1-5-28-15-18(16(2)27-28)12-17-13-23-21-7-6-19-14-20(29)8-10-25(19,3)22(21)9-11-26(23,4)24(17)30/h6,12,15,20-23,29H,5,7-11,13-14H2,1-4H3/b17-12-/t20-,21-,22+,23+,25-,26+/m0/s1. The van der Waals surface area contributed by atoms with Crippen molar-refractivity contribution in [3.05, 3.63) is 34.7 Å². The molecule has 0 radical (unpaired) electrons. The Morgan fingerprint density at radius 2 is 1.97 bits per heavy atom. The van der Waals surface area contributed by atoms with E-state index < -0.39 is 0 Å². The molecule has 0 spiro atoms. The van der Waals surface area contributed by atoms with Crippen molar-refractivity contribution in [2.75, 3.05) is 0 Å². The van der Waals surface area contributed by atoms with Gasteiger partial charge in [0.05, 0.1) is 11.8 Å². The highest BCUT2D eigenvalue weighted by Gasteiger charge is 2.59. The highest BCUT2D eigenvalue weighted by Crippen LogP contribution is 2.64. The van der Waals surface area contributed by atoms with Crippen LogP contribution in [0.1, 0.15) is 77.0 Å². The Morgan fingerprint density at radius 1 is 1.20 bits per heavy atom. The number of aromatic nitrogens is 2. The lowest BCUT2D eigenvalue weighted by Crippen LogP contribution is -2.50. The smallest absolute Gasteiger partial charge is 0.165 e. The quantitative estimate of drug-likeness (QED) is 0.547. The van der Waals surface area contributed by atoms with Gasteiger partial charge < -0.3 is 5.11 Å². The van der Waals surface area contributed by atoms with Crippen LogP contribution in [-0.4, -0.2) is 26.8 Å². The summed E-state index contributed by atoms with van der Waals surface area (Å²) in [5.41, 5.74) is 4.62. The van der Waals surface area contributed by atoms with Crippen LogP contribution in [-0.2, 0) is 11.3 Å². The highest BCUT2D eigenvalue weighted by atomic mass is 16.3. The van der Waals surface area contributed by atoms with Gasteiger partial charge in [-0.25, -0.2) is 0 Å². The summed E-state index contributed by atoms with van der Waals surface area (Å²) < 4.78 is 1.96. The SMILES string of the molecule is CCn1cc(/C=C2/C[C@@H]3[C@H]4CC=C5C[C@@H](O)CC[C@]5(C)[C@@H]4CC[C@@]3(C)C2=O)c(C)n1. The first-order valence-electron chi connectivity index (χ1n) is 11.9. The molecule has 1 aromatic heterocycles. The second kappa shape index (κ2) is 6.91. The molecule has 1 heterocycles. The summed E-state index contributed by atoms with van der Waals surface area (Å²) in [4.78, 5) is 13.6. The number of carbonyl (C=O) groups excluding carboxylic acids is 1. The number of nitrogens with zero attached hydrogens (tertiary/aromatic N) is 2. The predicted molar refractivity (Wildman–Crippen MR) is 119 cm³/mol. The van der Waals surface area contributed by atoms with Crippen molar-refractivity contribution in [3.8, 4) is 0 Å². The average Bonchev–Trinajstić information content (AvgIpc) is 3.20. The number of fused-ring (bicyclic) bond motifs is 5. The van der Waals surface area contributed by atoms with Crippen molar-refractivity contribution in [2.24, 2.45) is 28.6 Å². The van der Waals surface area contributed by atoms with Crippen molar-refractivity contribution in [1.29, 1.82) is 0 Å². The Labute approximate surface area is 180 Å². The van der Waals surface area contributed by atoms with Crippen LogP contribution in [0.2, 0.25) is 0 Å². The zero-order valence-corrected chi connectivity index (χ0v) is 18.9. The normalized spacial score (nSPS) is 42.0. The molecule has 0 aromatic carbocycles. The number of Topliss-reactive ketones (excluding diaryl/α,β-unsaturated/α-hetero) is 1. The summed E-state index contributed by atoms with van der Waals surface area (Å²) in [6.07, 6.45) is 13.5. The molecule has 4 nitrogen and oxygen atoms in total. The summed E-state index contributed by atoms with van der Waals surface area (Å²) in [7, 11) is 0. The maximum atomic E-state index is 13.6. The molecule has 5 rings (SSSR count). The fourth-order valence-corrected chi connectivity index (χ4v) is 7.47. The van der Waals surface area contributed by atoms with E-state index in [1.807, 2.05) is 11.6 Å². The minimum absolute atomic E-state index is 0.162. The van der Waals surface area contributed by atoms with E-state index in [1.54, 1.807) is 0 Å². The Balaban J connectivity index is 1.48. The van der Waals surface area contributed by atoms with Gasteiger partial charge in [0.25, 0.3) is 0 Å². The number of aryl methyl sites for hydroxylation is 2. The Kier molecular flexibility index (Phi) is 4.66. The molecular formula is C26H36N2O2. The number of aliphatic hydroxyl groups is 1. The average molecular weight is 409 g/mol. The number of rotatable bonds is 2. The third kappa shape index (κ3) is 2.82. The van der Waals surface area contributed by atoms with Crippen molar-refractivity contribution in [2.45, 2.75) is 85.3 Å². The van der Waals surface area contributed by atoms with E-state index in [0.29, 0.717) is 23.5 Å². The largest absolute Gasteiger partial charge is 0.393 e. The number of carbonyl (C=O) groups is 1. The number of aliphatic hydroxyl groups excluding tert-OH is 1. The molecule has 3 fully saturated rings. The van der Waals surface area contributed by atoms with Crippen molar-refractivity contribution in [3.63, 3.8) is 0 Å². The third-order valence-electron chi connectivity index (χ3n) is 9.36. The number of ketones is 1. The molecule has 0 unspecified atom stereocenters. The maximum Gasteiger partial charge on any atom is 0.165 e. The lowest BCUT2D eigenvalue weighted by atomic mass is 9.48. The predicted octanol–water partition coefficient (Wildman–Crippen LogP) is 5.10. The minimum Gasteiger partial charge on any atom is -0.393 e. The van der Waals surface area contributed by atoms with E-state index in [9.17, 15) is 9.90 Å². The number of hydrogen-bond donors (Lipinski definition) is 1. The van der Waals surface area contributed by atoms with E-state index in [2.05, 4.69) is 44.2 Å². The lowest BCUT2D eigenvalue weighted by molar-refractivity contribution is -0.130. The number of allylic oxidation sites excluding steroid dienone is 2. The molecule has 4 heteroatoms. The van der Waals surface area contributed by atoms with Gasteiger partial charge in [-0.05, 0) is 93.6 Å². The van der Waals surface area contributed by atoms with Crippen LogP contribution in [0.25, 0.3) is 6.08 Å². The summed E-state index contributed by atoms with van der Waals surface area (Å²) >= 11 is 0. The van der Waals surface area contributed by atoms with Gasteiger partial charge in [0.2, 0.25) is 0 Å². The van der Waals surface area contributed by atoms with Gasteiger partial charge >= 0.3 is 0 Å². The molecule has 1 aromatic rings. The second-order valence-electron chi connectivity index (χ2n) is 10.8. The summed E-state index contributed by atoms with van der Waals surface area (Å²) in [6, 6.07) is 0. The maximum absolute atomic E-state index is 13.6. The molecule has 0 aliphatic heterocycles. The molecular weight excluding hydrogens is 372 g/mol. The third-order valence-corrected chi connectivity index (χ3v) is 9.36. The van der Waals surface area contributed by atoms with E-state index in [4.69, 9.17) is 0 Å². The second-order valence-corrected chi connectivity index (χ2v) is 10.8. The van der Waals surface area contributed by atoms with Crippen molar-refractivity contribution < 1.29 is 9.90 Å². The van der Waals surface area contributed by atoms with Gasteiger partial charge in [0, 0.05) is 23.7 Å². The molecule has 4 aliphatic rings. The highest BCUT2D eigenvalue weighted by molar-refractivity contribution is 6.06. The first-order chi connectivity index (χ1) is 14.3. The Morgan fingerprint density at radius 3 is 2.70 bits per heavy atom. The zero-order valence-electron chi connectivity index (χ0n) is 18.9. The summed E-state index contributed by atoms with van der Waals surface area (Å²) in [6.45, 7) is 9.67. The van der Waals surface area contributed by atoms with Crippen LogP contribution >= 0.6 is 0 Å². The fraction of sp³-hybridized carbons (Fsp3) is 0.692. The van der Waals surface area contributed by atoms with Gasteiger partial charge in [0.15, 0.2) is 5.78 Å². The Hall–Kier alpha value is -1.68. The van der Waals surface area contributed by atoms with Gasteiger partial charge in [-0.2, -0.15) is 5.10 Å². The summed E-state index contributed by atoms with van der Waals surface area (Å²) in [5, 5.41) is 14.8. The topological polar surface area (TPSA) is 55.1 Å². The van der Waals surface area contributed by atoms with E-state index in [-0.39, 0.29) is 16.9 Å². The van der Waals surface area contributed by atoms with Crippen molar-refractivity contribution >= 4 is 11.9 Å². The zero-order chi connectivity index (χ0) is 21.3. The molecule has 4 aliphatic carbocycles. The molecule has 0 amide bonds. The van der Waals surface area contributed by atoms with E-state index in [1.165, 1.54) is 5.57 Å². The van der Waals surface area contributed by atoms with Crippen LogP contribution < -0.4 is 0 Å². The molecule has 0 bridgehead atoms. The molecule has 162 valence electrons. The Bertz CT molecular complexity index is 941. The van der Waals surface area contributed by atoms with Crippen molar-refractivity contribution in [1.82, 2.24) is 9.78 Å².